The van der Waals surface area contributed by atoms with Crippen molar-refractivity contribution in [1.82, 2.24) is 5.32 Å². The number of hydrogen-bond acceptors (Lipinski definition) is 4. The second-order valence-corrected chi connectivity index (χ2v) is 6.34. The summed E-state index contributed by atoms with van der Waals surface area (Å²) in [6.07, 6.45) is -0.198. The van der Waals surface area contributed by atoms with Crippen LogP contribution < -0.4 is 14.8 Å². The van der Waals surface area contributed by atoms with Crippen molar-refractivity contribution in [1.29, 1.82) is 0 Å². The molecule has 2 rings (SSSR count). The predicted octanol–water partition coefficient (Wildman–Crippen LogP) is 3.24. The third-order valence-electron chi connectivity index (χ3n) is 3.77. The van der Waals surface area contributed by atoms with Gasteiger partial charge in [-0.15, -0.1) is 0 Å². The number of aliphatic carboxylic acids is 1. The number of carbonyl (C=O) groups is 2. The number of ether oxygens (including phenoxy) is 2. The summed E-state index contributed by atoms with van der Waals surface area (Å²) in [5.41, 5.74) is 3.19. The molecule has 1 amide bonds. The number of amides is 1. The summed E-state index contributed by atoms with van der Waals surface area (Å²) in [4.78, 5) is 22.0. The van der Waals surface area contributed by atoms with Crippen molar-refractivity contribution in [2.24, 2.45) is 0 Å². The minimum atomic E-state index is -0.983. The molecule has 0 heterocycles. The van der Waals surface area contributed by atoms with Gasteiger partial charge in [-0.3, -0.25) is 9.59 Å². The number of hydrogen-bond donors (Lipinski definition) is 2. The van der Waals surface area contributed by atoms with E-state index in [1.807, 2.05) is 50.2 Å². The van der Waals surface area contributed by atoms with Gasteiger partial charge in [0.1, 0.15) is 24.7 Å². The molecule has 0 aliphatic carbocycles. The summed E-state index contributed by atoms with van der Waals surface area (Å²) in [5, 5.41) is 11.3. The van der Waals surface area contributed by atoms with Crippen molar-refractivity contribution in [2.45, 2.75) is 33.2 Å². The fourth-order valence-corrected chi connectivity index (χ4v) is 2.59. The molecule has 2 aromatic carbocycles. The van der Waals surface area contributed by atoms with E-state index in [1.165, 1.54) is 0 Å². The number of benzene rings is 2. The van der Waals surface area contributed by atoms with E-state index in [4.69, 9.17) is 14.6 Å². The zero-order valence-corrected chi connectivity index (χ0v) is 15.7. The first kappa shape index (κ1) is 20.3. The fraction of sp³-hybridized carbons (Fsp3) is 0.333. The van der Waals surface area contributed by atoms with E-state index in [0.29, 0.717) is 25.5 Å². The summed E-state index contributed by atoms with van der Waals surface area (Å²) >= 11 is 0. The largest absolute Gasteiger partial charge is 0.490 e. The highest BCUT2D eigenvalue weighted by Crippen LogP contribution is 2.17. The van der Waals surface area contributed by atoms with Gasteiger partial charge in [0.05, 0.1) is 6.42 Å². The number of rotatable bonds is 10. The average Bonchev–Trinajstić information content (AvgIpc) is 2.61. The Hall–Kier alpha value is -3.02. The average molecular weight is 371 g/mol. The molecule has 144 valence electrons. The fourth-order valence-electron chi connectivity index (χ4n) is 2.59. The van der Waals surface area contributed by atoms with E-state index < -0.39 is 5.97 Å². The van der Waals surface area contributed by atoms with Crippen LogP contribution in [0.25, 0.3) is 0 Å². The Morgan fingerprint density at radius 2 is 1.59 bits per heavy atom. The molecule has 0 radical (unpaired) electrons. The van der Waals surface area contributed by atoms with E-state index in [2.05, 4.69) is 11.4 Å². The molecule has 0 saturated carbocycles. The predicted molar refractivity (Wildman–Crippen MR) is 102 cm³/mol. The van der Waals surface area contributed by atoms with E-state index in [0.717, 1.165) is 22.4 Å². The monoisotopic (exact) mass is 371 g/mol. The van der Waals surface area contributed by atoms with Gasteiger partial charge in [0.15, 0.2) is 0 Å². The maximum absolute atomic E-state index is 11.6. The van der Waals surface area contributed by atoms with Crippen molar-refractivity contribution in [3.63, 3.8) is 0 Å². The van der Waals surface area contributed by atoms with Crippen LogP contribution in [0.3, 0.4) is 0 Å². The number of aryl methyl sites for hydroxylation is 2. The minimum Gasteiger partial charge on any atom is -0.490 e. The van der Waals surface area contributed by atoms with Crippen LogP contribution in [-0.2, 0) is 16.1 Å². The molecule has 0 aliphatic heterocycles. The molecular formula is C21H25NO5. The molecule has 0 aliphatic rings. The van der Waals surface area contributed by atoms with Gasteiger partial charge >= 0.3 is 5.97 Å². The van der Waals surface area contributed by atoms with Gasteiger partial charge in [-0.1, -0.05) is 18.2 Å². The molecule has 0 spiro atoms. The van der Waals surface area contributed by atoms with Gasteiger partial charge in [-0.2, -0.15) is 0 Å². The van der Waals surface area contributed by atoms with Gasteiger partial charge in [-0.05, 0) is 54.8 Å². The van der Waals surface area contributed by atoms with E-state index in [1.54, 1.807) is 0 Å². The second-order valence-electron chi connectivity index (χ2n) is 6.34. The van der Waals surface area contributed by atoms with Gasteiger partial charge in [0.2, 0.25) is 5.91 Å². The normalized spacial score (nSPS) is 10.3. The molecule has 2 aromatic rings. The maximum atomic E-state index is 11.6. The SMILES string of the molecule is Cc1cc(C)cc(OCCOc2cccc(CNC(=O)CCC(=O)O)c2)c1. The number of nitrogens with one attached hydrogen (secondary N) is 1. The van der Waals surface area contributed by atoms with Crippen LogP contribution in [0.4, 0.5) is 0 Å². The Kier molecular flexibility index (Phi) is 7.67. The summed E-state index contributed by atoms with van der Waals surface area (Å²) in [6.45, 7) is 5.22. The van der Waals surface area contributed by atoms with E-state index >= 15 is 0 Å². The quantitative estimate of drug-likeness (QED) is 0.626. The van der Waals surface area contributed by atoms with E-state index in [9.17, 15) is 9.59 Å². The van der Waals surface area contributed by atoms with Crippen molar-refractivity contribution < 1.29 is 24.2 Å². The summed E-state index contributed by atoms with van der Waals surface area (Å²) < 4.78 is 11.4. The Morgan fingerprint density at radius 1 is 0.926 bits per heavy atom. The molecule has 0 aromatic heterocycles. The third-order valence-corrected chi connectivity index (χ3v) is 3.77. The van der Waals surface area contributed by atoms with Crippen molar-refractivity contribution in [3.05, 3.63) is 59.2 Å². The molecular weight excluding hydrogens is 346 g/mol. The van der Waals surface area contributed by atoms with Crippen LogP contribution in [0.5, 0.6) is 11.5 Å². The lowest BCUT2D eigenvalue weighted by molar-refractivity contribution is -0.138. The summed E-state index contributed by atoms with van der Waals surface area (Å²) in [5.74, 6) is 0.249. The van der Waals surface area contributed by atoms with Gasteiger partial charge in [-0.25, -0.2) is 0 Å². The first-order valence-electron chi connectivity index (χ1n) is 8.84. The Labute approximate surface area is 159 Å². The zero-order chi connectivity index (χ0) is 19.6. The van der Waals surface area contributed by atoms with Crippen molar-refractivity contribution in [2.75, 3.05) is 13.2 Å². The number of carboxylic acid groups (broad SMARTS) is 1. The highest BCUT2D eigenvalue weighted by Gasteiger charge is 2.05. The molecule has 0 fully saturated rings. The maximum Gasteiger partial charge on any atom is 0.303 e. The molecule has 0 bridgehead atoms. The highest BCUT2D eigenvalue weighted by atomic mass is 16.5. The van der Waals surface area contributed by atoms with Crippen molar-refractivity contribution in [3.8, 4) is 11.5 Å². The standard InChI is InChI=1S/C21H25NO5/c1-15-10-16(2)12-19(11-15)27-9-8-26-18-5-3-4-17(13-18)14-22-20(23)6-7-21(24)25/h3-5,10-13H,6-9,14H2,1-2H3,(H,22,23)(H,24,25). The Balaban J connectivity index is 1.74. The number of carboxylic acids is 1. The van der Waals surface area contributed by atoms with Gasteiger partial charge in [0.25, 0.3) is 0 Å². The first-order valence-corrected chi connectivity index (χ1v) is 8.84. The van der Waals surface area contributed by atoms with Crippen LogP contribution in [0.2, 0.25) is 0 Å². The summed E-state index contributed by atoms with van der Waals surface area (Å²) in [7, 11) is 0. The lowest BCUT2D eigenvalue weighted by Gasteiger charge is -2.11. The van der Waals surface area contributed by atoms with Crippen LogP contribution >= 0.6 is 0 Å². The molecule has 0 unspecified atom stereocenters. The van der Waals surface area contributed by atoms with Gasteiger partial charge < -0.3 is 19.9 Å². The molecule has 6 nitrogen and oxygen atoms in total. The summed E-state index contributed by atoms with van der Waals surface area (Å²) in [6, 6.07) is 13.5. The van der Waals surface area contributed by atoms with Crippen molar-refractivity contribution >= 4 is 11.9 Å². The lowest BCUT2D eigenvalue weighted by atomic mass is 10.1. The van der Waals surface area contributed by atoms with Crippen LogP contribution in [0, 0.1) is 13.8 Å². The minimum absolute atomic E-state index is 0.0265. The lowest BCUT2D eigenvalue weighted by Crippen LogP contribution is -2.23. The van der Waals surface area contributed by atoms with Gasteiger partial charge in [0, 0.05) is 13.0 Å². The van der Waals surface area contributed by atoms with E-state index in [-0.39, 0.29) is 18.7 Å². The Bertz CT molecular complexity index is 768. The zero-order valence-electron chi connectivity index (χ0n) is 15.7. The molecule has 0 saturated heterocycles. The molecule has 2 N–H and O–H groups in total. The first-order chi connectivity index (χ1) is 12.9. The second kappa shape index (κ2) is 10.2. The smallest absolute Gasteiger partial charge is 0.303 e. The molecule has 0 atom stereocenters. The molecule has 27 heavy (non-hydrogen) atoms. The number of carbonyl (C=O) groups excluding carboxylic acids is 1. The molecule has 6 heteroatoms. The van der Waals surface area contributed by atoms with Crippen LogP contribution in [0.15, 0.2) is 42.5 Å². The third kappa shape index (κ3) is 7.81. The topological polar surface area (TPSA) is 84.9 Å². The Morgan fingerprint density at radius 3 is 2.26 bits per heavy atom. The van der Waals surface area contributed by atoms with Crippen LogP contribution in [-0.4, -0.2) is 30.2 Å². The highest BCUT2D eigenvalue weighted by molar-refractivity contribution is 5.80. The van der Waals surface area contributed by atoms with Crippen LogP contribution in [0.1, 0.15) is 29.5 Å².